The first kappa shape index (κ1) is 40.7. The van der Waals surface area contributed by atoms with E-state index < -0.39 is 143 Å². The summed E-state index contributed by atoms with van der Waals surface area (Å²) in [6.07, 6.45) is -5.37. The summed E-state index contributed by atoms with van der Waals surface area (Å²) in [6, 6.07) is 0. The second kappa shape index (κ2) is 12.8. The standard InChI is InChI=1S/C33H27BF15PS/c1-10(33(5,6)50(7,8)9)31-34(13-17(37)23(43)28(48)24(44)18(13)38,14-19(39)25(45)29(49)26(46)20(14)40)12(30(51-31)32(2,3)4)11-15(35)21(41)27(47)22(42)16(11)36/h1-9H3/b31-10-. The number of benzene rings is 3. The summed E-state index contributed by atoms with van der Waals surface area (Å²) < 4.78 is 232. The molecule has 0 aliphatic carbocycles. The minimum absolute atomic E-state index is 0.157. The van der Waals surface area contributed by atoms with Gasteiger partial charge in [-0.05, 0) is 31.1 Å². The predicted octanol–water partition coefficient (Wildman–Crippen LogP) is 10.6. The first-order valence-corrected chi connectivity index (χ1v) is 18.7. The highest BCUT2D eigenvalue weighted by atomic mass is 32.2. The third-order valence-corrected chi connectivity index (χ3v) is 15.4. The number of hydrogen-bond donors (Lipinski definition) is 0. The summed E-state index contributed by atoms with van der Waals surface area (Å²) >= 11 is 0.157. The maximum atomic E-state index is 16.4. The minimum Gasteiger partial charge on any atom is -0.207 e. The van der Waals surface area contributed by atoms with Crippen LogP contribution < -0.4 is 10.9 Å². The molecule has 0 saturated heterocycles. The quantitative estimate of drug-likeness (QED) is 0.0817. The maximum absolute atomic E-state index is 16.4. The number of halogens is 15. The number of thioether (sulfide) groups is 1. The van der Waals surface area contributed by atoms with Gasteiger partial charge in [-0.15, -0.1) is 22.7 Å². The molecule has 0 unspecified atom stereocenters. The Balaban J connectivity index is 2.68. The van der Waals surface area contributed by atoms with Crippen LogP contribution in [0.3, 0.4) is 0 Å². The van der Waals surface area contributed by atoms with Crippen LogP contribution in [0.2, 0.25) is 0 Å². The molecule has 278 valence electrons. The SMILES string of the molecule is C/C(=C1/SC(C(C)(C)C)=C(c2c(F)c(F)c(F)c(F)c2F)[B-]1(c1c(F)c(F)c(F)c(F)c1F)c1c(F)c(F)c(F)c(F)c1F)C(C)(C)[P+](C)(C)C. The van der Waals surface area contributed by atoms with E-state index in [0.717, 1.165) is 6.92 Å². The van der Waals surface area contributed by atoms with E-state index in [4.69, 9.17) is 0 Å². The maximum Gasteiger partial charge on any atom is 0.200 e. The number of allylic oxidation sites excluding steroid dienone is 2. The molecule has 0 radical (unpaired) electrons. The molecule has 0 amide bonds. The Kier molecular flexibility index (Phi) is 10.2. The zero-order chi connectivity index (χ0) is 39.4. The zero-order valence-corrected chi connectivity index (χ0v) is 29.8. The molecule has 1 aliphatic rings. The molecule has 0 saturated carbocycles. The summed E-state index contributed by atoms with van der Waals surface area (Å²) in [4.78, 5) is -1.65. The van der Waals surface area contributed by atoms with Crippen LogP contribution in [0.4, 0.5) is 65.9 Å². The molecule has 0 nitrogen and oxygen atoms in total. The van der Waals surface area contributed by atoms with Crippen LogP contribution in [-0.2, 0) is 0 Å². The molecule has 0 N–H and O–H groups in total. The van der Waals surface area contributed by atoms with E-state index in [0.29, 0.717) is 0 Å². The highest BCUT2D eigenvalue weighted by molar-refractivity contribution is 8.11. The van der Waals surface area contributed by atoms with Crippen molar-refractivity contribution >= 4 is 41.6 Å². The lowest BCUT2D eigenvalue weighted by atomic mass is 9.13. The normalized spacial score (nSPS) is 16.5. The molecular formula is C33H27BF15PS. The lowest BCUT2D eigenvalue weighted by molar-refractivity contribution is 0.376. The highest BCUT2D eigenvalue weighted by Gasteiger charge is 2.56. The van der Waals surface area contributed by atoms with Gasteiger partial charge < -0.3 is 0 Å². The summed E-state index contributed by atoms with van der Waals surface area (Å²) in [7, 11) is -2.45. The average Bonchev–Trinajstić information content (AvgIpc) is 3.37. The van der Waals surface area contributed by atoms with Crippen molar-refractivity contribution < 1.29 is 65.9 Å². The molecule has 51 heavy (non-hydrogen) atoms. The topological polar surface area (TPSA) is 0 Å². The van der Waals surface area contributed by atoms with Crippen molar-refractivity contribution in [2.75, 3.05) is 20.0 Å². The molecule has 4 rings (SSSR count). The Bertz CT molecular complexity index is 1930. The van der Waals surface area contributed by atoms with Gasteiger partial charge in [-0.3, -0.25) is 0 Å². The molecular weight excluding hydrogens is 755 g/mol. The van der Waals surface area contributed by atoms with Crippen LogP contribution in [0.1, 0.15) is 47.1 Å². The van der Waals surface area contributed by atoms with Gasteiger partial charge in [-0.25, -0.2) is 65.9 Å². The van der Waals surface area contributed by atoms with Gasteiger partial charge in [-0.2, -0.15) is 10.3 Å². The van der Waals surface area contributed by atoms with E-state index in [-0.39, 0.29) is 17.3 Å². The molecule has 0 atom stereocenters. The minimum atomic E-state index is -5.37. The van der Waals surface area contributed by atoms with E-state index in [1.165, 1.54) is 34.6 Å². The van der Waals surface area contributed by atoms with Crippen molar-refractivity contribution in [3.63, 3.8) is 0 Å². The number of rotatable bonds is 5. The Morgan fingerprint density at radius 1 is 0.471 bits per heavy atom. The van der Waals surface area contributed by atoms with Gasteiger partial charge in [0.15, 0.2) is 58.2 Å². The van der Waals surface area contributed by atoms with E-state index >= 15 is 52.7 Å². The summed E-state index contributed by atoms with van der Waals surface area (Å²) in [5.74, 6) is -42.6. The highest BCUT2D eigenvalue weighted by Crippen LogP contribution is 2.66. The van der Waals surface area contributed by atoms with Crippen molar-refractivity contribution in [1.29, 1.82) is 0 Å². The fraction of sp³-hybridized carbons (Fsp3) is 0.333. The van der Waals surface area contributed by atoms with E-state index in [9.17, 15) is 13.2 Å². The van der Waals surface area contributed by atoms with Crippen LogP contribution in [0.15, 0.2) is 15.3 Å². The molecule has 0 bridgehead atoms. The summed E-state index contributed by atoms with van der Waals surface area (Å²) in [5.41, 5.74) is -10.5. The van der Waals surface area contributed by atoms with Gasteiger partial charge in [0.25, 0.3) is 0 Å². The van der Waals surface area contributed by atoms with Crippen molar-refractivity contribution in [1.82, 2.24) is 0 Å². The zero-order valence-electron chi connectivity index (χ0n) is 28.1. The summed E-state index contributed by atoms with van der Waals surface area (Å²) in [6.45, 7) is 12.5. The van der Waals surface area contributed by atoms with E-state index in [1.54, 1.807) is 20.0 Å². The van der Waals surface area contributed by atoms with Crippen LogP contribution in [0.25, 0.3) is 5.47 Å². The second-order valence-electron chi connectivity index (χ2n) is 14.4. The fourth-order valence-corrected chi connectivity index (χ4v) is 9.27. The smallest absolute Gasteiger partial charge is 0.200 e. The third-order valence-electron chi connectivity index (χ3n) is 9.76. The molecule has 0 fully saturated rings. The van der Waals surface area contributed by atoms with Crippen LogP contribution in [-0.4, -0.2) is 31.3 Å². The van der Waals surface area contributed by atoms with Gasteiger partial charge in [0.2, 0.25) is 5.82 Å². The van der Waals surface area contributed by atoms with Crippen LogP contribution in [0, 0.1) is 92.7 Å². The molecule has 1 aliphatic heterocycles. The third kappa shape index (κ3) is 5.61. The van der Waals surface area contributed by atoms with Crippen molar-refractivity contribution in [3.05, 3.63) is 108 Å². The van der Waals surface area contributed by atoms with Gasteiger partial charge in [0.05, 0.1) is 5.16 Å². The molecule has 0 spiro atoms. The Morgan fingerprint density at radius 2 is 0.745 bits per heavy atom. The van der Waals surface area contributed by atoms with Gasteiger partial charge in [0.1, 0.15) is 29.4 Å². The van der Waals surface area contributed by atoms with E-state index in [2.05, 4.69) is 0 Å². The lowest BCUT2D eigenvalue weighted by Crippen LogP contribution is -2.65. The molecule has 3 aromatic rings. The molecule has 18 heteroatoms. The van der Waals surface area contributed by atoms with Gasteiger partial charge in [-0.1, -0.05) is 26.3 Å². The van der Waals surface area contributed by atoms with Gasteiger partial charge >= 0.3 is 0 Å². The first-order valence-electron chi connectivity index (χ1n) is 14.7. The Labute approximate surface area is 287 Å². The monoisotopic (exact) mass is 782 g/mol. The first-order chi connectivity index (χ1) is 23.0. The van der Waals surface area contributed by atoms with Crippen molar-refractivity contribution in [2.45, 2.75) is 46.7 Å². The van der Waals surface area contributed by atoms with Crippen LogP contribution in [0.5, 0.6) is 0 Å². The molecule has 0 aromatic heterocycles. The van der Waals surface area contributed by atoms with Crippen molar-refractivity contribution in [2.24, 2.45) is 5.41 Å². The fourth-order valence-electron chi connectivity index (χ4n) is 6.21. The largest absolute Gasteiger partial charge is 0.207 e. The van der Waals surface area contributed by atoms with Crippen LogP contribution >= 0.6 is 19.0 Å². The van der Waals surface area contributed by atoms with Gasteiger partial charge in [0, 0.05) is 32.8 Å². The summed E-state index contributed by atoms with van der Waals surface area (Å²) in [5, 5.41) is -1.36. The second-order valence-corrected chi connectivity index (χ2v) is 20.6. The molecule has 3 aromatic carbocycles. The predicted molar refractivity (Wildman–Crippen MR) is 169 cm³/mol. The molecule has 1 heterocycles. The average molecular weight is 782 g/mol. The Hall–Kier alpha value is -3.07. The van der Waals surface area contributed by atoms with E-state index in [1.807, 2.05) is 0 Å². The lowest BCUT2D eigenvalue weighted by Gasteiger charge is -2.46. The Morgan fingerprint density at radius 3 is 1.02 bits per heavy atom. The van der Waals surface area contributed by atoms with Crippen molar-refractivity contribution in [3.8, 4) is 0 Å². The number of hydrogen-bond acceptors (Lipinski definition) is 1.